The van der Waals surface area contributed by atoms with Crippen LogP contribution >= 0.6 is 0 Å². The molecule has 0 saturated carbocycles. The van der Waals surface area contributed by atoms with Gasteiger partial charge in [0.2, 0.25) is 0 Å². The number of nitrogens with one attached hydrogen (secondary N) is 1. The Balaban J connectivity index is 2.30. The largest absolute Gasteiger partial charge is 0.336 e. The lowest BCUT2D eigenvalue weighted by atomic mass is 10.0. The highest BCUT2D eigenvalue weighted by Gasteiger charge is 2.04. The molecule has 0 saturated heterocycles. The van der Waals surface area contributed by atoms with Crippen molar-refractivity contribution in [2.45, 2.75) is 19.8 Å². The van der Waals surface area contributed by atoms with Crippen LogP contribution < -0.4 is 0 Å². The first-order valence-electron chi connectivity index (χ1n) is 5.31. The molecule has 82 valence electrons. The molecule has 0 radical (unpaired) electrons. The second kappa shape index (κ2) is 4.31. The third kappa shape index (κ3) is 2.03. The molecule has 0 aliphatic heterocycles. The topological polar surface area (TPSA) is 45.8 Å². The number of aldehydes is 1. The number of carbonyl (C=O) groups is 1. The summed E-state index contributed by atoms with van der Waals surface area (Å²) >= 11 is 0. The molecule has 2 aromatic rings. The van der Waals surface area contributed by atoms with Crippen LogP contribution in [0.4, 0.5) is 0 Å². The first-order chi connectivity index (χ1) is 7.70. The van der Waals surface area contributed by atoms with Gasteiger partial charge in [0.05, 0.1) is 11.9 Å². The Morgan fingerprint density at radius 1 is 1.25 bits per heavy atom. The third-order valence-electron chi connectivity index (χ3n) is 2.57. The molecule has 0 amide bonds. The number of aromatic amines is 1. The summed E-state index contributed by atoms with van der Waals surface area (Å²) in [5, 5.41) is 0. The van der Waals surface area contributed by atoms with Crippen LogP contribution in [-0.2, 0) is 0 Å². The van der Waals surface area contributed by atoms with Crippen molar-refractivity contribution in [1.82, 2.24) is 9.97 Å². The molecule has 3 nitrogen and oxygen atoms in total. The monoisotopic (exact) mass is 214 g/mol. The van der Waals surface area contributed by atoms with E-state index in [1.165, 1.54) is 5.56 Å². The number of H-pyrrole nitrogens is 1. The summed E-state index contributed by atoms with van der Waals surface area (Å²) in [6.45, 7) is 4.32. The van der Waals surface area contributed by atoms with E-state index < -0.39 is 0 Å². The Kier molecular flexibility index (Phi) is 2.86. The lowest BCUT2D eigenvalue weighted by molar-refractivity contribution is 0.111. The highest BCUT2D eigenvalue weighted by Crippen LogP contribution is 2.20. The lowest BCUT2D eigenvalue weighted by Gasteiger charge is -2.05. The number of carbonyl (C=O) groups excluding carboxylic acids is 1. The summed E-state index contributed by atoms with van der Waals surface area (Å²) in [5.41, 5.74) is 2.80. The van der Waals surface area contributed by atoms with Gasteiger partial charge in [-0.2, -0.15) is 0 Å². The van der Waals surface area contributed by atoms with Crippen molar-refractivity contribution in [3.8, 4) is 11.4 Å². The molecule has 0 atom stereocenters. The second-order valence-electron chi connectivity index (χ2n) is 4.08. The number of rotatable bonds is 3. The summed E-state index contributed by atoms with van der Waals surface area (Å²) in [6.07, 6.45) is 2.30. The zero-order valence-electron chi connectivity index (χ0n) is 9.40. The zero-order chi connectivity index (χ0) is 11.5. The predicted molar refractivity (Wildman–Crippen MR) is 63.5 cm³/mol. The Hall–Kier alpha value is -1.90. The van der Waals surface area contributed by atoms with Gasteiger partial charge in [0.1, 0.15) is 5.82 Å². The standard InChI is InChI=1S/C13H14N2O/c1-9(2)10-3-5-11(6-4-10)13-14-7-12(8-16)15-13/h3-9H,1-2H3,(H,14,15). The van der Waals surface area contributed by atoms with Gasteiger partial charge in [0.25, 0.3) is 0 Å². The SMILES string of the molecule is CC(C)c1ccc(-c2ncc(C=O)[nH]2)cc1. The van der Waals surface area contributed by atoms with Gasteiger partial charge in [0.15, 0.2) is 6.29 Å². The Morgan fingerprint density at radius 3 is 2.44 bits per heavy atom. The van der Waals surface area contributed by atoms with E-state index in [9.17, 15) is 4.79 Å². The number of imidazole rings is 1. The molecule has 1 N–H and O–H groups in total. The Labute approximate surface area is 94.5 Å². The molecule has 0 aliphatic rings. The highest BCUT2D eigenvalue weighted by atomic mass is 16.1. The molecule has 0 fully saturated rings. The van der Waals surface area contributed by atoms with Crippen molar-refractivity contribution >= 4 is 6.29 Å². The quantitative estimate of drug-likeness (QED) is 0.798. The minimum Gasteiger partial charge on any atom is -0.336 e. The van der Waals surface area contributed by atoms with Gasteiger partial charge >= 0.3 is 0 Å². The number of nitrogens with zero attached hydrogens (tertiary/aromatic N) is 1. The molecule has 16 heavy (non-hydrogen) atoms. The van der Waals surface area contributed by atoms with Gasteiger partial charge in [-0.1, -0.05) is 38.1 Å². The average molecular weight is 214 g/mol. The molecular formula is C13H14N2O. The first-order valence-corrected chi connectivity index (χ1v) is 5.31. The van der Waals surface area contributed by atoms with E-state index in [-0.39, 0.29) is 0 Å². The summed E-state index contributed by atoms with van der Waals surface area (Å²) < 4.78 is 0. The molecule has 1 heterocycles. The number of benzene rings is 1. The molecule has 2 rings (SSSR count). The fraction of sp³-hybridized carbons (Fsp3) is 0.231. The summed E-state index contributed by atoms with van der Waals surface area (Å²) in [6, 6.07) is 8.21. The first kappa shape index (κ1) is 10.6. The van der Waals surface area contributed by atoms with E-state index in [4.69, 9.17) is 0 Å². The Bertz CT molecular complexity index is 483. The maximum absolute atomic E-state index is 10.5. The fourth-order valence-corrected chi connectivity index (χ4v) is 1.57. The molecule has 1 aromatic carbocycles. The fourth-order valence-electron chi connectivity index (χ4n) is 1.57. The normalized spacial score (nSPS) is 10.7. The van der Waals surface area contributed by atoms with Crippen molar-refractivity contribution < 1.29 is 4.79 Å². The molecule has 3 heteroatoms. The summed E-state index contributed by atoms with van der Waals surface area (Å²) in [5.74, 6) is 1.26. The number of hydrogen-bond acceptors (Lipinski definition) is 2. The van der Waals surface area contributed by atoms with E-state index in [2.05, 4.69) is 35.9 Å². The Morgan fingerprint density at radius 2 is 1.94 bits per heavy atom. The number of aromatic nitrogens is 2. The van der Waals surface area contributed by atoms with Crippen LogP contribution in [0.1, 0.15) is 35.8 Å². The highest BCUT2D eigenvalue weighted by molar-refractivity contribution is 5.73. The molecule has 0 bridgehead atoms. The van der Waals surface area contributed by atoms with E-state index in [1.54, 1.807) is 6.20 Å². The van der Waals surface area contributed by atoms with Crippen LogP contribution in [0.15, 0.2) is 30.5 Å². The van der Waals surface area contributed by atoms with Crippen LogP contribution in [0.2, 0.25) is 0 Å². The van der Waals surface area contributed by atoms with Crippen LogP contribution in [0.3, 0.4) is 0 Å². The minimum absolute atomic E-state index is 0.503. The summed E-state index contributed by atoms with van der Waals surface area (Å²) in [7, 11) is 0. The molecular weight excluding hydrogens is 200 g/mol. The lowest BCUT2D eigenvalue weighted by Crippen LogP contribution is -1.87. The minimum atomic E-state index is 0.503. The van der Waals surface area contributed by atoms with Crippen LogP contribution in [-0.4, -0.2) is 16.3 Å². The van der Waals surface area contributed by atoms with Crippen molar-refractivity contribution in [3.63, 3.8) is 0 Å². The smallest absolute Gasteiger partial charge is 0.167 e. The van der Waals surface area contributed by atoms with Crippen molar-refractivity contribution in [3.05, 3.63) is 41.7 Å². The van der Waals surface area contributed by atoms with Gasteiger partial charge in [-0.05, 0) is 11.5 Å². The van der Waals surface area contributed by atoms with Crippen molar-refractivity contribution in [2.75, 3.05) is 0 Å². The predicted octanol–water partition coefficient (Wildman–Crippen LogP) is 3.01. The van der Waals surface area contributed by atoms with E-state index >= 15 is 0 Å². The van der Waals surface area contributed by atoms with E-state index in [0.29, 0.717) is 11.6 Å². The number of hydrogen-bond donors (Lipinski definition) is 1. The maximum atomic E-state index is 10.5. The van der Waals surface area contributed by atoms with Crippen LogP contribution in [0, 0.1) is 0 Å². The zero-order valence-corrected chi connectivity index (χ0v) is 9.40. The molecule has 0 unspecified atom stereocenters. The van der Waals surface area contributed by atoms with E-state index in [1.807, 2.05) is 12.1 Å². The van der Waals surface area contributed by atoms with Gasteiger partial charge in [-0.15, -0.1) is 0 Å². The maximum Gasteiger partial charge on any atom is 0.167 e. The van der Waals surface area contributed by atoms with Gasteiger partial charge in [-0.25, -0.2) is 4.98 Å². The third-order valence-corrected chi connectivity index (χ3v) is 2.57. The molecule has 1 aromatic heterocycles. The molecule has 0 aliphatic carbocycles. The van der Waals surface area contributed by atoms with Crippen LogP contribution in [0.25, 0.3) is 11.4 Å². The van der Waals surface area contributed by atoms with E-state index in [0.717, 1.165) is 17.7 Å². The molecule has 0 spiro atoms. The van der Waals surface area contributed by atoms with Gasteiger partial charge in [0, 0.05) is 5.56 Å². The summed E-state index contributed by atoms with van der Waals surface area (Å²) in [4.78, 5) is 17.6. The van der Waals surface area contributed by atoms with Crippen molar-refractivity contribution in [2.24, 2.45) is 0 Å². The average Bonchev–Trinajstić information content (AvgIpc) is 2.77. The van der Waals surface area contributed by atoms with Gasteiger partial charge < -0.3 is 4.98 Å². The van der Waals surface area contributed by atoms with Crippen LogP contribution in [0.5, 0.6) is 0 Å². The second-order valence-corrected chi connectivity index (χ2v) is 4.08. The van der Waals surface area contributed by atoms with Crippen molar-refractivity contribution in [1.29, 1.82) is 0 Å². The van der Waals surface area contributed by atoms with Gasteiger partial charge in [-0.3, -0.25) is 4.79 Å².